The fourth-order valence-corrected chi connectivity index (χ4v) is 1.81. The maximum Gasteiger partial charge on any atom is 0.350 e. The average molecular weight is 224 g/mol. The van der Waals surface area contributed by atoms with Crippen LogP contribution in [0.25, 0.3) is 0 Å². The van der Waals surface area contributed by atoms with Crippen molar-refractivity contribution in [3.8, 4) is 0 Å². The molecule has 0 radical (unpaired) electrons. The lowest BCUT2D eigenvalue weighted by molar-refractivity contribution is -0.269. The van der Waals surface area contributed by atoms with Crippen LogP contribution < -0.4 is 5.73 Å². The minimum absolute atomic E-state index is 0.0252. The van der Waals surface area contributed by atoms with E-state index in [9.17, 15) is 9.00 Å². The van der Waals surface area contributed by atoms with Crippen LogP contribution in [-0.2, 0) is 20.5 Å². The van der Waals surface area contributed by atoms with E-state index in [0.717, 1.165) is 0 Å². The molecular formula is C6H12N2O5S. The Labute approximate surface area is 82.8 Å². The molecule has 2 atom stereocenters. The number of rotatable bonds is 7. The molecule has 0 amide bonds. The molecule has 0 aliphatic heterocycles. The third-order valence-corrected chi connectivity index (χ3v) is 2.70. The Morgan fingerprint density at radius 1 is 1.64 bits per heavy atom. The monoisotopic (exact) mass is 224 g/mol. The van der Waals surface area contributed by atoms with Crippen molar-refractivity contribution in [3.05, 3.63) is 0 Å². The van der Waals surface area contributed by atoms with Crippen molar-refractivity contribution in [3.63, 3.8) is 0 Å². The standard InChI is InChI=1S/C6H12N2O5S/c7-1-4(13-11)2-14(12)3-5(8)6(9)10/h4,8,11H,1-3,7H2,(H,9,10). The third-order valence-electron chi connectivity index (χ3n) is 1.35. The molecule has 0 saturated carbocycles. The van der Waals surface area contributed by atoms with Gasteiger partial charge in [0.2, 0.25) is 0 Å². The summed E-state index contributed by atoms with van der Waals surface area (Å²) in [7, 11) is -1.57. The van der Waals surface area contributed by atoms with Gasteiger partial charge in [-0.05, 0) is 0 Å². The predicted molar refractivity (Wildman–Crippen MR) is 49.8 cm³/mol. The SMILES string of the molecule is N=C(CS(=O)CC(CN)OO)C(=O)O. The van der Waals surface area contributed by atoms with E-state index in [1.165, 1.54) is 0 Å². The first kappa shape index (κ1) is 13.2. The molecule has 0 bridgehead atoms. The van der Waals surface area contributed by atoms with E-state index in [0.29, 0.717) is 0 Å². The number of carbonyl (C=O) groups is 1. The minimum Gasteiger partial charge on any atom is -0.477 e. The van der Waals surface area contributed by atoms with E-state index >= 15 is 0 Å². The van der Waals surface area contributed by atoms with E-state index in [4.69, 9.17) is 21.5 Å². The molecule has 2 unspecified atom stereocenters. The van der Waals surface area contributed by atoms with E-state index in [2.05, 4.69) is 4.89 Å². The van der Waals surface area contributed by atoms with Crippen molar-refractivity contribution in [1.29, 1.82) is 5.41 Å². The summed E-state index contributed by atoms with van der Waals surface area (Å²) >= 11 is 0. The summed E-state index contributed by atoms with van der Waals surface area (Å²) in [5, 5.41) is 23.5. The molecule has 0 heterocycles. The Kier molecular flexibility index (Phi) is 6.21. The fourth-order valence-electron chi connectivity index (χ4n) is 0.630. The lowest BCUT2D eigenvalue weighted by atomic mass is 10.4. The Balaban J connectivity index is 3.97. The first-order valence-electron chi connectivity index (χ1n) is 3.67. The Bertz CT molecular complexity index is 240. The molecule has 0 spiro atoms. The van der Waals surface area contributed by atoms with E-state index in [1.54, 1.807) is 0 Å². The predicted octanol–water partition coefficient (Wildman–Crippen LogP) is -1.34. The average Bonchev–Trinajstić information content (AvgIpc) is 2.13. The van der Waals surface area contributed by atoms with Crippen LogP contribution in [0.15, 0.2) is 0 Å². The highest BCUT2D eigenvalue weighted by molar-refractivity contribution is 7.85. The Morgan fingerprint density at radius 2 is 2.21 bits per heavy atom. The molecule has 82 valence electrons. The molecule has 0 fully saturated rings. The van der Waals surface area contributed by atoms with Crippen LogP contribution in [0.5, 0.6) is 0 Å². The summed E-state index contributed by atoms with van der Waals surface area (Å²) in [4.78, 5) is 14.1. The number of nitrogens with two attached hydrogens (primary N) is 1. The highest BCUT2D eigenvalue weighted by Gasteiger charge is 2.16. The number of nitrogens with one attached hydrogen (secondary N) is 1. The zero-order valence-corrected chi connectivity index (χ0v) is 8.12. The largest absolute Gasteiger partial charge is 0.477 e. The molecule has 7 nitrogen and oxygen atoms in total. The summed E-state index contributed by atoms with van der Waals surface area (Å²) in [6, 6.07) is 0. The van der Waals surface area contributed by atoms with Crippen LogP contribution in [0, 0.1) is 5.41 Å². The second-order valence-corrected chi connectivity index (χ2v) is 4.00. The van der Waals surface area contributed by atoms with E-state index in [1.807, 2.05) is 0 Å². The van der Waals surface area contributed by atoms with Gasteiger partial charge in [-0.1, -0.05) is 0 Å². The zero-order valence-electron chi connectivity index (χ0n) is 7.30. The first-order chi connectivity index (χ1) is 6.51. The number of carboxylic acid groups (broad SMARTS) is 1. The van der Waals surface area contributed by atoms with Gasteiger partial charge in [0, 0.05) is 17.3 Å². The summed E-state index contributed by atoms with van der Waals surface area (Å²) in [6.45, 7) is -0.0252. The van der Waals surface area contributed by atoms with Crippen LogP contribution in [0.4, 0.5) is 0 Å². The number of hydrogen-bond donors (Lipinski definition) is 4. The molecule has 0 aliphatic carbocycles. The minimum atomic E-state index is -1.57. The van der Waals surface area contributed by atoms with E-state index < -0.39 is 28.6 Å². The summed E-state index contributed by atoms with van der Waals surface area (Å²) in [5.74, 6) is -1.88. The highest BCUT2D eigenvalue weighted by Crippen LogP contribution is 1.93. The van der Waals surface area contributed by atoms with Crippen LogP contribution in [-0.4, -0.2) is 50.4 Å². The van der Waals surface area contributed by atoms with Crippen molar-refractivity contribution in [1.82, 2.24) is 0 Å². The van der Waals surface area contributed by atoms with Gasteiger partial charge in [-0.15, -0.1) is 0 Å². The number of carboxylic acids is 1. The van der Waals surface area contributed by atoms with Crippen LogP contribution >= 0.6 is 0 Å². The maximum atomic E-state index is 11.1. The number of hydrogen-bond acceptors (Lipinski definition) is 6. The zero-order chi connectivity index (χ0) is 11.1. The highest BCUT2D eigenvalue weighted by atomic mass is 32.2. The second-order valence-electron chi connectivity index (χ2n) is 2.50. The molecule has 5 N–H and O–H groups in total. The van der Waals surface area contributed by atoms with Crippen molar-refractivity contribution in [2.75, 3.05) is 18.1 Å². The van der Waals surface area contributed by atoms with Gasteiger partial charge >= 0.3 is 5.97 Å². The van der Waals surface area contributed by atoms with Gasteiger partial charge in [0.25, 0.3) is 0 Å². The van der Waals surface area contributed by atoms with Crippen molar-refractivity contribution < 1.29 is 24.3 Å². The lowest BCUT2D eigenvalue weighted by Gasteiger charge is -2.09. The number of aliphatic carboxylic acids is 1. The van der Waals surface area contributed by atoms with Crippen molar-refractivity contribution >= 4 is 22.5 Å². The molecule has 0 aromatic rings. The summed E-state index contributed by atoms with van der Waals surface area (Å²) < 4.78 is 11.1. The molecule has 0 aromatic heterocycles. The normalized spacial score (nSPS) is 14.7. The van der Waals surface area contributed by atoms with Gasteiger partial charge in [0.15, 0.2) is 0 Å². The molecule has 0 rings (SSSR count). The van der Waals surface area contributed by atoms with Gasteiger partial charge in [0.05, 0.1) is 11.5 Å². The molecule has 14 heavy (non-hydrogen) atoms. The van der Waals surface area contributed by atoms with Gasteiger partial charge in [-0.3, -0.25) is 14.9 Å². The lowest BCUT2D eigenvalue weighted by Crippen LogP contribution is -2.31. The topological polar surface area (TPSA) is 134 Å². The van der Waals surface area contributed by atoms with E-state index in [-0.39, 0.29) is 18.1 Å². The van der Waals surface area contributed by atoms with Gasteiger partial charge in [-0.25, -0.2) is 9.68 Å². The summed E-state index contributed by atoms with van der Waals surface area (Å²) in [6.07, 6.45) is -0.794. The molecule has 8 heteroatoms. The second kappa shape index (κ2) is 6.60. The Morgan fingerprint density at radius 3 is 2.57 bits per heavy atom. The van der Waals surface area contributed by atoms with Gasteiger partial charge in [-0.2, -0.15) is 0 Å². The quantitative estimate of drug-likeness (QED) is 0.240. The van der Waals surface area contributed by atoms with Crippen LogP contribution in [0.2, 0.25) is 0 Å². The molecule has 0 saturated heterocycles. The molecule has 0 aromatic carbocycles. The first-order valence-corrected chi connectivity index (χ1v) is 5.16. The maximum absolute atomic E-state index is 11.1. The molecule has 0 aliphatic rings. The molecular weight excluding hydrogens is 212 g/mol. The van der Waals surface area contributed by atoms with Crippen molar-refractivity contribution in [2.45, 2.75) is 6.10 Å². The van der Waals surface area contributed by atoms with Gasteiger partial charge in [0.1, 0.15) is 11.8 Å². The smallest absolute Gasteiger partial charge is 0.350 e. The Hall–Kier alpha value is -0.830. The van der Waals surface area contributed by atoms with Gasteiger partial charge < -0.3 is 10.8 Å². The van der Waals surface area contributed by atoms with Crippen LogP contribution in [0.3, 0.4) is 0 Å². The summed E-state index contributed by atoms with van der Waals surface area (Å²) in [5.41, 5.74) is 4.49. The van der Waals surface area contributed by atoms with Crippen molar-refractivity contribution in [2.24, 2.45) is 5.73 Å². The fraction of sp³-hybridized carbons (Fsp3) is 0.667. The third kappa shape index (κ3) is 5.02. The van der Waals surface area contributed by atoms with Crippen LogP contribution in [0.1, 0.15) is 0 Å².